The Morgan fingerprint density at radius 1 is 0.963 bits per heavy atom. The summed E-state index contributed by atoms with van der Waals surface area (Å²) in [5.74, 6) is 0.913. The predicted molar refractivity (Wildman–Crippen MR) is 115 cm³/mol. The summed E-state index contributed by atoms with van der Waals surface area (Å²) in [5.41, 5.74) is 1.23. The van der Waals surface area contributed by atoms with Crippen LogP contribution in [0.5, 0.6) is 5.75 Å². The third-order valence-corrected chi connectivity index (χ3v) is 5.65. The molecule has 1 heterocycles. The molecule has 0 aliphatic carbocycles. The van der Waals surface area contributed by atoms with Crippen LogP contribution >= 0.6 is 0 Å². The van der Waals surface area contributed by atoms with E-state index in [1.165, 1.54) is 57.1 Å². The number of β-amino-alcohol motifs (C(OH)–C–C–N with tert-alkyl or cyclic N) is 1. The summed E-state index contributed by atoms with van der Waals surface area (Å²) in [6.45, 7) is 7.15. The number of nitrogens with zero attached hydrogens (tertiary/aromatic N) is 2. The maximum Gasteiger partial charge on any atom is 0.120 e. The molecule has 154 valence electrons. The molecule has 27 heavy (non-hydrogen) atoms. The molecule has 0 spiro atoms. The van der Waals surface area contributed by atoms with Gasteiger partial charge >= 0.3 is 0 Å². The lowest BCUT2D eigenvalue weighted by Gasteiger charge is -2.37. The molecular formula is C23H40N2O2. The number of anilines is 1. The van der Waals surface area contributed by atoms with Crippen molar-refractivity contribution < 1.29 is 9.84 Å². The summed E-state index contributed by atoms with van der Waals surface area (Å²) in [4.78, 5) is 4.82. The van der Waals surface area contributed by atoms with Crippen molar-refractivity contribution in [3.8, 4) is 5.75 Å². The molecule has 1 saturated heterocycles. The highest BCUT2D eigenvalue weighted by atomic mass is 16.5. The van der Waals surface area contributed by atoms with Crippen LogP contribution in [0.4, 0.5) is 5.69 Å². The normalized spacial score (nSPS) is 16.5. The van der Waals surface area contributed by atoms with Gasteiger partial charge in [-0.1, -0.05) is 64.4 Å². The first-order valence-corrected chi connectivity index (χ1v) is 11.0. The summed E-state index contributed by atoms with van der Waals surface area (Å²) in [6.07, 6.45) is 11.4. The van der Waals surface area contributed by atoms with Gasteiger partial charge in [-0.3, -0.25) is 4.90 Å². The Morgan fingerprint density at radius 3 is 2.30 bits per heavy atom. The number of piperazine rings is 1. The van der Waals surface area contributed by atoms with Crippen molar-refractivity contribution in [2.24, 2.45) is 0 Å². The van der Waals surface area contributed by atoms with Crippen molar-refractivity contribution in [2.75, 3.05) is 44.7 Å². The van der Waals surface area contributed by atoms with Crippen molar-refractivity contribution in [2.45, 2.75) is 70.8 Å². The minimum absolute atomic E-state index is 0.173. The zero-order valence-electron chi connectivity index (χ0n) is 17.5. The van der Waals surface area contributed by atoms with Gasteiger partial charge in [-0.2, -0.15) is 0 Å². The first-order valence-electron chi connectivity index (χ1n) is 11.0. The lowest BCUT2D eigenvalue weighted by molar-refractivity contribution is 0.0996. The molecule has 0 amide bonds. The van der Waals surface area contributed by atoms with Crippen molar-refractivity contribution in [3.63, 3.8) is 0 Å². The van der Waals surface area contributed by atoms with Gasteiger partial charge in [0.1, 0.15) is 5.75 Å². The van der Waals surface area contributed by atoms with E-state index in [0.717, 1.165) is 44.9 Å². The number of unbranched alkanes of at least 4 members (excludes halogenated alkanes) is 7. The third kappa shape index (κ3) is 8.52. The number of hydrogen-bond acceptors (Lipinski definition) is 4. The number of aliphatic hydroxyl groups is 1. The highest BCUT2D eigenvalue weighted by molar-refractivity contribution is 5.51. The van der Waals surface area contributed by atoms with Crippen LogP contribution in [-0.2, 0) is 0 Å². The SMILES string of the molecule is CCCCCCCCCCC(O)CN1CCN(c2cccc(OC)c2)CC1. The first kappa shape index (κ1) is 22.0. The number of ether oxygens (including phenoxy) is 1. The smallest absolute Gasteiger partial charge is 0.120 e. The molecule has 0 bridgehead atoms. The van der Waals surface area contributed by atoms with Crippen molar-refractivity contribution >= 4 is 5.69 Å². The minimum Gasteiger partial charge on any atom is -0.497 e. The van der Waals surface area contributed by atoms with Gasteiger partial charge in [0, 0.05) is 44.5 Å². The Labute approximate surface area is 166 Å². The molecule has 1 aromatic carbocycles. The second-order valence-corrected chi connectivity index (χ2v) is 7.91. The Hall–Kier alpha value is -1.26. The van der Waals surface area contributed by atoms with E-state index in [9.17, 15) is 5.11 Å². The quantitative estimate of drug-likeness (QED) is 0.506. The zero-order chi connectivity index (χ0) is 19.3. The lowest BCUT2D eigenvalue weighted by atomic mass is 10.1. The summed E-state index contributed by atoms with van der Waals surface area (Å²) in [7, 11) is 1.71. The van der Waals surface area contributed by atoms with E-state index in [1.807, 2.05) is 12.1 Å². The standard InChI is InChI=1S/C23H40N2O2/c1-3-4-5-6-7-8-9-10-13-22(26)20-24-15-17-25(18-16-24)21-12-11-14-23(19-21)27-2/h11-12,14,19,22,26H,3-10,13,15-18,20H2,1-2H3. The minimum atomic E-state index is -0.173. The molecule has 1 unspecified atom stereocenters. The number of aliphatic hydroxyl groups excluding tert-OH is 1. The van der Waals surface area contributed by atoms with Crippen LogP contribution in [0, 0.1) is 0 Å². The van der Waals surface area contributed by atoms with E-state index in [-0.39, 0.29) is 6.10 Å². The molecule has 1 aliphatic rings. The predicted octanol–water partition coefficient (Wildman–Crippen LogP) is 4.71. The van der Waals surface area contributed by atoms with Gasteiger partial charge in [0.05, 0.1) is 13.2 Å². The van der Waals surface area contributed by atoms with Crippen LogP contribution in [0.2, 0.25) is 0 Å². The van der Waals surface area contributed by atoms with Crippen molar-refractivity contribution in [3.05, 3.63) is 24.3 Å². The van der Waals surface area contributed by atoms with Crippen LogP contribution in [0.25, 0.3) is 0 Å². The largest absolute Gasteiger partial charge is 0.497 e. The molecule has 0 aromatic heterocycles. The Balaban J connectivity index is 1.55. The molecule has 0 radical (unpaired) electrons. The second kappa shape index (κ2) is 13.0. The summed E-state index contributed by atoms with van der Waals surface area (Å²) < 4.78 is 5.33. The average molecular weight is 377 g/mol. The highest BCUT2D eigenvalue weighted by Gasteiger charge is 2.19. The van der Waals surface area contributed by atoms with Gasteiger partial charge in [-0.15, -0.1) is 0 Å². The maximum atomic E-state index is 10.4. The molecule has 4 nitrogen and oxygen atoms in total. The van der Waals surface area contributed by atoms with E-state index < -0.39 is 0 Å². The van der Waals surface area contributed by atoms with Crippen LogP contribution < -0.4 is 9.64 Å². The summed E-state index contributed by atoms with van der Waals surface area (Å²) in [6, 6.07) is 8.29. The Bertz CT molecular complexity index is 501. The Morgan fingerprint density at radius 2 is 1.63 bits per heavy atom. The number of hydrogen-bond donors (Lipinski definition) is 1. The van der Waals surface area contributed by atoms with Crippen LogP contribution in [0.15, 0.2) is 24.3 Å². The summed E-state index contributed by atoms with van der Waals surface area (Å²) >= 11 is 0. The fourth-order valence-corrected chi connectivity index (χ4v) is 3.90. The first-order chi connectivity index (χ1) is 13.2. The van der Waals surface area contributed by atoms with Crippen molar-refractivity contribution in [1.29, 1.82) is 0 Å². The molecule has 4 heteroatoms. The number of benzene rings is 1. The monoisotopic (exact) mass is 376 g/mol. The van der Waals surface area contributed by atoms with Crippen LogP contribution in [0.3, 0.4) is 0 Å². The third-order valence-electron chi connectivity index (χ3n) is 5.65. The van der Waals surface area contributed by atoms with Gasteiger partial charge in [0.25, 0.3) is 0 Å². The summed E-state index contributed by atoms with van der Waals surface area (Å²) in [5, 5.41) is 10.4. The van der Waals surface area contributed by atoms with Gasteiger partial charge < -0.3 is 14.7 Å². The van der Waals surface area contributed by atoms with Crippen molar-refractivity contribution in [1.82, 2.24) is 4.90 Å². The molecule has 0 saturated carbocycles. The van der Waals surface area contributed by atoms with Gasteiger partial charge in [-0.05, 0) is 18.6 Å². The van der Waals surface area contributed by atoms with Gasteiger partial charge in [0.15, 0.2) is 0 Å². The average Bonchev–Trinajstić information content (AvgIpc) is 2.70. The lowest BCUT2D eigenvalue weighted by Crippen LogP contribution is -2.48. The molecule has 1 N–H and O–H groups in total. The van der Waals surface area contributed by atoms with Gasteiger partial charge in [0.2, 0.25) is 0 Å². The number of methoxy groups -OCH3 is 1. The van der Waals surface area contributed by atoms with E-state index >= 15 is 0 Å². The zero-order valence-corrected chi connectivity index (χ0v) is 17.5. The molecule has 1 aliphatic heterocycles. The fourth-order valence-electron chi connectivity index (χ4n) is 3.90. The van der Waals surface area contributed by atoms with Gasteiger partial charge in [-0.25, -0.2) is 0 Å². The topological polar surface area (TPSA) is 35.9 Å². The van der Waals surface area contributed by atoms with Crippen LogP contribution in [-0.4, -0.2) is 55.9 Å². The molecular weight excluding hydrogens is 336 g/mol. The molecule has 1 atom stereocenters. The maximum absolute atomic E-state index is 10.4. The fraction of sp³-hybridized carbons (Fsp3) is 0.739. The van der Waals surface area contributed by atoms with E-state index in [0.29, 0.717) is 0 Å². The van der Waals surface area contributed by atoms with E-state index in [4.69, 9.17) is 4.74 Å². The molecule has 1 fully saturated rings. The molecule has 2 rings (SSSR count). The van der Waals surface area contributed by atoms with E-state index in [2.05, 4.69) is 28.9 Å². The highest BCUT2D eigenvalue weighted by Crippen LogP contribution is 2.22. The molecule has 1 aromatic rings. The second-order valence-electron chi connectivity index (χ2n) is 7.91. The van der Waals surface area contributed by atoms with Crippen LogP contribution in [0.1, 0.15) is 64.7 Å². The van der Waals surface area contributed by atoms with E-state index in [1.54, 1.807) is 7.11 Å². The Kier molecular flexibility index (Phi) is 10.6. The number of rotatable bonds is 13.